The fourth-order valence-electron chi connectivity index (χ4n) is 4.05. The molecular weight excluding hydrogens is 442 g/mol. The summed E-state index contributed by atoms with van der Waals surface area (Å²) in [5.74, 6) is -1.13. The van der Waals surface area contributed by atoms with Crippen LogP contribution in [-0.2, 0) is 10.9 Å². The molecule has 1 fully saturated rings. The average molecular weight is 459 g/mol. The van der Waals surface area contributed by atoms with Gasteiger partial charge in [-0.15, -0.1) is 0 Å². The van der Waals surface area contributed by atoms with E-state index in [1.54, 1.807) is 23.1 Å². The molecule has 0 spiro atoms. The minimum Gasteiger partial charge on any atom is -0.382 e. The van der Waals surface area contributed by atoms with E-state index < -0.39 is 23.7 Å². The van der Waals surface area contributed by atoms with Gasteiger partial charge in [0.25, 0.3) is 5.91 Å². The molecule has 0 aliphatic carbocycles. The molecule has 170 valence electrons. The standard InChI is InChI=1S/C22H17F4N5O2/c23-19-18-20(27)29-15-6-3-13(9-16(15)31(18)11-28-19)21(32)30-7-8-33-10-17(30)12-1-4-14(5-2-12)22(24,25)26/h1-6,9,11,17H,7-8,10H2,(H2,27,29)/t17-/m1/s1. The highest BCUT2D eigenvalue weighted by atomic mass is 19.4. The third-order valence-electron chi connectivity index (χ3n) is 5.70. The van der Waals surface area contributed by atoms with Gasteiger partial charge < -0.3 is 15.4 Å². The smallest absolute Gasteiger partial charge is 0.382 e. The first-order valence-electron chi connectivity index (χ1n) is 10.0. The number of amides is 1. The Morgan fingerprint density at radius 2 is 1.91 bits per heavy atom. The van der Waals surface area contributed by atoms with Crippen molar-refractivity contribution in [1.82, 2.24) is 19.3 Å². The van der Waals surface area contributed by atoms with E-state index >= 15 is 0 Å². The van der Waals surface area contributed by atoms with Gasteiger partial charge in [0.15, 0.2) is 5.82 Å². The van der Waals surface area contributed by atoms with Gasteiger partial charge in [-0.05, 0) is 35.9 Å². The van der Waals surface area contributed by atoms with Crippen molar-refractivity contribution in [3.8, 4) is 0 Å². The third-order valence-corrected chi connectivity index (χ3v) is 5.70. The quantitative estimate of drug-likeness (QED) is 0.461. The first-order chi connectivity index (χ1) is 15.7. The minimum absolute atomic E-state index is 0.0149. The van der Waals surface area contributed by atoms with Gasteiger partial charge in [0.2, 0.25) is 5.95 Å². The second-order valence-corrected chi connectivity index (χ2v) is 7.66. The molecule has 0 unspecified atom stereocenters. The van der Waals surface area contributed by atoms with Crippen LogP contribution in [0, 0.1) is 5.95 Å². The number of benzene rings is 2. The zero-order valence-corrected chi connectivity index (χ0v) is 17.0. The van der Waals surface area contributed by atoms with E-state index in [9.17, 15) is 22.4 Å². The van der Waals surface area contributed by atoms with E-state index in [0.29, 0.717) is 28.8 Å². The maximum Gasteiger partial charge on any atom is 0.416 e. The number of imidazole rings is 1. The highest BCUT2D eigenvalue weighted by Gasteiger charge is 2.33. The van der Waals surface area contributed by atoms with Gasteiger partial charge in [-0.2, -0.15) is 17.6 Å². The predicted molar refractivity (Wildman–Crippen MR) is 111 cm³/mol. The first-order valence-corrected chi connectivity index (χ1v) is 10.0. The average Bonchev–Trinajstić information content (AvgIpc) is 3.20. The first kappa shape index (κ1) is 21.1. The number of carbonyl (C=O) groups is 1. The molecule has 1 atom stereocenters. The lowest BCUT2D eigenvalue weighted by Gasteiger charge is -2.36. The highest BCUT2D eigenvalue weighted by molar-refractivity contribution is 5.98. The van der Waals surface area contributed by atoms with Crippen LogP contribution in [-0.4, -0.2) is 44.9 Å². The molecule has 33 heavy (non-hydrogen) atoms. The number of halogens is 4. The van der Waals surface area contributed by atoms with E-state index in [2.05, 4.69) is 9.97 Å². The number of anilines is 1. The van der Waals surface area contributed by atoms with Crippen LogP contribution in [0.5, 0.6) is 0 Å². The lowest BCUT2D eigenvalue weighted by atomic mass is 10.0. The number of nitrogens with zero attached hydrogens (tertiary/aromatic N) is 4. The summed E-state index contributed by atoms with van der Waals surface area (Å²) in [6.07, 6.45) is -3.18. The Hall–Kier alpha value is -3.73. The second kappa shape index (κ2) is 7.69. The van der Waals surface area contributed by atoms with Crippen molar-refractivity contribution < 1.29 is 27.1 Å². The van der Waals surface area contributed by atoms with Gasteiger partial charge in [-0.1, -0.05) is 12.1 Å². The molecule has 5 rings (SSSR count). The number of nitrogen functional groups attached to an aromatic ring is 1. The van der Waals surface area contributed by atoms with Crippen LogP contribution in [0.15, 0.2) is 48.8 Å². The number of hydrogen-bond acceptors (Lipinski definition) is 5. The number of morpholine rings is 1. The Labute approximate surface area is 184 Å². The summed E-state index contributed by atoms with van der Waals surface area (Å²) >= 11 is 0. The fourth-order valence-corrected chi connectivity index (χ4v) is 4.05. The van der Waals surface area contributed by atoms with Crippen molar-refractivity contribution >= 4 is 28.3 Å². The van der Waals surface area contributed by atoms with Crippen LogP contribution >= 0.6 is 0 Å². The monoisotopic (exact) mass is 459 g/mol. The van der Waals surface area contributed by atoms with Gasteiger partial charge >= 0.3 is 6.18 Å². The number of hydrogen-bond donors (Lipinski definition) is 1. The van der Waals surface area contributed by atoms with E-state index in [0.717, 1.165) is 12.1 Å². The number of aromatic nitrogens is 3. The summed E-state index contributed by atoms with van der Waals surface area (Å²) < 4.78 is 59.7. The van der Waals surface area contributed by atoms with E-state index in [1.165, 1.54) is 22.9 Å². The van der Waals surface area contributed by atoms with Gasteiger partial charge in [-0.3, -0.25) is 9.20 Å². The van der Waals surface area contributed by atoms with Crippen molar-refractivity contribution in [1.29, 1.82) is 0 Å². The molecule has 1 aliphatic rings. The van der Waals surface area contributed by atoms with Crippen molar-refractivity contribution in [2.45, 2.75) is 12.2 Å². The summed E-state index contributed by atoms with van der Waals surface area (Å²) in [4.78, 5) is 22.8. The molecule has 11 heteroatoms. The SMILES string of the molecule is Nc1nc2ccc(C(=O)N3CCOC[C@@H]3c3ccc(C(F)(F)F)cc3)cc2n2cnc(F)c12. The summed E-state index contributed by atoms with van der Waals surface area (Å²) in [5, 5.41) is 0. The molecule has 0 saturated carbocycles. The van der Waals surface area contributed by atoms with E-state index in [4.69, 9.17) is 10.5 Å². The molecule has 1 aliphatic heterocycles. The third kappa shape index (κ3) is 3.63. The normalized spacial score (nSPS) is 17.1. The lowest BCUT2D eigenvalue weighted by molar-refractivity contribution is -0.137. The zero-order chi connectivity index (χ0) is 23.3. The van der Waals surface area contributed by atoms with Gasteiger partial charge in [0, 0.05) is 12.1 Å². The van der Waals surface area contributed by atoms with Gasteiger partial charge in [0.05, 0.1) is 35.9 Å². The van der Waals surface area contributed by atoms with E-state index in [-0.39, 0.29) is 30.4 Å². The second-order valence-electron chi connectivity index (χ2n) is 7.66. The number of alkyl halides is 3. The molecular formula is C22H17F4N5O2. The number of fused-ring (bicyclic) bond motifs is 3. The topological polar surface area (TPSA) is 85.8 Å². The molecule has 4 aromatic rings. The molecule has 0 bridgehead atoms. The summed E-state index contributed by atoms with van der Waals surface area (Å²) in [7, 11) is 0. The molecule has 3 heterocycles. The van der Waals surface area contributed by atoms with Crippen LogP contribution in [0.2, 0.25) is 0 Å². The summed E-state index contributed by atoms with van der Waals surface area (Å²) in [5.41, 5.74) is 6.82. The molecule has 2 N–H and O–H groups in total. The molecule has 1 amide bonds. The van der Waals surface area contributed by atoms with E-state index in [1.807, 2.05) is 0 Å². The van der Waals surface area contributed by atoms with Crippen molar-refractivity contribution in [2.24, 2.45) is 0 Å². The van der Waals surface area contributed by atoms with Gasteiger partial charge in [-0.25, -0.2) is 9.97 Å². The fraction of sp³-hybridized carbons (Fsp3) is 0.227. The Balaban J connectivity index is 1.52. The van der Waals surface area contributed by atoms with Gasteiger partial charge in [0.1, 0.15) is 11.8 Å². The van der Waals surface area contributed by atoms with Crippen molar-refractivity contribution in [3.63, 3.8) is 0 Å². The van der Waals surface area contributed by atoms with Crippen LogP contribution in [0.3, 0.4) is 0 Å². The molecule has 0 radical (unpaired) electrons. The van der Waals surface area contributed by atoms with Crippen LogP contribution in [0.1, 0.15) is 27.5 Å². The molecule has 2 aromatic heterocycles. The largest absolute Gasteiger partial charge is 0.416 e. The van der Waals surface area contributed by atoms with Crippen LogP contribution in [0.4, 0.5) is 23.4 Å². The van der Waals surface area contributed by atoms with Crippen molar-refractivity contribution in [3.05, 3.63) is 71.4 Å². The Morgan fingerprint density at radius 3 is 2.64 bits per heavy atom. The van der Waals surface area contributed by atoms with Crippen molar-refractivity contribution in [2.75, 3.05) is 25.5 Å². The number of rotatable bonds is 2. The molecule has 1 saturated heterocycles. The Kier molecular flexibility index (Phi) is 4.93. The lowest BCUT2D eigenvalue weighted by Crippen LogP contribution is -2.43. The minimum atomic E-state index is -4.45. The highest BCUT2D eigenvalue weighted by Crippen LogP contribution is 2.32. The maximum absolute atomic E-state index is 14.0. The molecule has 7 nitrogen and oxygen atoms in total. The predicted octanol–water partition coefficient (Wildman–Crippen LogP) is 3.84. The zero-order valence-electron chi connectivity index (χ0n) is 17.0. The van der Waals surface area contributed by atoms with Crippen LogP contribution < -0.4 is 5.73 Å². The number of carbonyl (C=O) groups excluding carboxylic acids is 1. The maximum atomic E-state index is 14.0. The van der Waals surface area contributed by atoms with Crippen LogP contribution in [0.25, 0.3) is 16.6 Å². The summed E-state index contributed by atoms with van der Waals surface area (Å²) in [6, 6.07) is 8.88. The molecule has 2 aromatic carbocycles. The Morgan fingerprint density at radius 1 is 1.15 bits per heavy atom. The Bertz CT molecular complexity index is 1370. The summed E-state index contributed by atoms with van der Waals surface area (Å²) in [6.45, 7) is 0.711. The number of nitrogens with two attached hydrogens (primary N) is 1. The number of ether oxygens (including phenoxy) is 1.